The molecule has 1 aromatic carbocycles. The molecule has 2 heterocycles. The highest BCUT2D eigenvalue weighted by Gasteiger charge is 2.15. The van der Waals surface area contributed by atoms with Crippen LogP contribution in [0.4, 0.5) is 4.39 Å². The Kier molecular flexibility index (Phi) is 4.00. The van der Waals surface area contributed by atoms with Gasteiger partial charge in [-0.25, -0.2) is 14.2 Å². The summed E-state index contributed by atoms with van der Waals surface area (Å²) >= 11 is 1.45. The molecular formula is C17H15FN2O2S. The standard InChI is InChI=1S/C17H15FN2O2S/c1-10-6-15(17(21)22)11(2)20(10)8-14-9-23-16(19-14)12-4-3-5-13(18)7-12/h3-7,9H,8H2,1-2H3,(H,21,22). The van der Waals surface area contributed by atoms with Gasteiger partial charge >= 0.3 is 5.97 Å². The fourth-order valence-corrected chi connectivity index (χ4v) is 3.36. The predicted octanol–water partition coefficient (Wildman–Crippen LogP) is 4.11. The average Bonchev–Trinajstić information content (AvgIpc) is 3.07. The van der Waals surface area contributed by atoms with Crippen LogP contribution in [0.3, 0.4) is 0 Å². The molecule has 0 radical (unpaired) electrons. The molecule has 6 heteroatoms. The highest BCUT2D eigenvalue weighted by Crippen LogP contribution is 2.25. The minimum atomic E-state index is -0.928. The first-order valence-electron chi connectivity index (χ1n) is 7.06. The van der Waals surface area contributed by atoms with E-state index in [1.807, 2.05) is 22.9 Å². The van der Waals surface area contributed by atoms with E-state index in [-0.39, 0.29) is 5.82 Å². The van der Waals surface area contributed by atoms with E-state index in [1.165, 1.54) is 23.5 Å². The number of hydrogen-bond acceptors (Lipinski definition) is 3. The molecule has 0 unspecified atom stereocenters. The molecule has 118 valence electrons. The first-order chi connectivity index (χ1) is 11.0. The number of halogens is 1. The Morgan fingerprint density at radius 1 is 1.35 bits per heavy atom. The molecule has 2 aromatic heterocycles. The van der Waals surface area contributed by atoms with Gasteiger partial charge in [0.1, 0.15) is 10.8 Å². The monoisotopic (exact) mass is 330 g/mol. The number of benzene rings is 1. The SMILES string of the molecule is Cc1cc(C(=O)O)c(C)n1Cc1csc(-c2cccc(F)c2)n1. The van der Waals surface area contributed by atoms with Gasteiger partial charge in [0, 0.05) is 22.3 Å². The van der Waals surface area contributed by atoms with Gasteiger partial charge < -0.3 is 9.67 Å². The highest BCUT2D eigenvalue weighted by atomic mass is 32.1. The number of aromatic nitrogens is 2. The molecule has 0 saturated carbocycles. The maximum atomic E-state index is 13.3. The fraction of sp³-hybridized carbons (Fsp3) is 0.176. The Morgan fingerprint density at radius 3 is 2.78 bits per heavy atom. The van der Waals surface area contributed by atoms with E-state index in [0.29, 0.717) is 17.8 Å². The first kappa shape index (κ1) is 15.4. The van der Waals surface area contributed by atoms with Crippen LogP contribution in [0.5, 0.6) is 0 Å². The summed E-state index contributed by atoms with van der Waals surface area (Å²) in [6.07, 6.45) is 0. The van der Waals surface area contributed by atoms with Crippen LogP contribution in [0.2, 0.25) is 0 Å². The summed E-state index contributed by atoms with van der Waals surface area (Å²) in [4.78, 5) is 15.7. The van der Waals surface area contributed by atoms with Crippen molar-refractivity contribution in [1.82, 2.24) is 9.55 Å². The summed E-state index contributed by atoms with van der Waals surface area (Å²) in [6, 6.07) is 8.00. The topological polar surface area (TPSA) is 55.1 Å². The van der Waals surface area contributed by atoms with Crippen LogP contribution >= 0.6 is 11.3 Å². The zero-order chi connectivity index (χ0) is 16.6. The molecule has 4 nitrogen and oxygen atoms in total. The van der Waals surface area contributed by atoms with Crippen molar-refractivity contribution in [2.24, 2.45) is 0 Å². The van der Waals surface area contributed by atoms with E-state index in [9.17, 15) is 14.3 Å². The van der Waals surface area contributed by atoms with E-state index >= 15 is 0 Å². The third-order valence-corrected chi connectivity index (χ3v) is 4.69. The number of carboxylic acids is 1. The highest BCUT2D eigenvalue weighted by molar-refractivity contribution is 7.13. The Bertz CT molecular complexity index is 883. The molecule has 1 N–H and O–H groups in total. The van der Waals surface area contributed by atoms with Gasteiger partial charge in [-0.05, 0) is 32.0 Å². The third kappa shape index (κ3) is 3.03. The number of hydrogen-bond donors (Lipinski definition) is 1. The van der Waals surface area contributed by atoms with Crippen LogP contribution in [-0.4, -0.2) is 20.6 Å². The van der Waals surface area contributed by atoms with Gasteiger partial charge in [0.05, 0.1) is 17.8 Å². The summed E-state index contributed by atoms with van der Waals surface area (Å²) in [7, 11) is 0. The van der Waals surface area contributed by atoms with Crippen molar-refractivity contribution >= 4 is 17.3 Å². The lowest BCUT2D eigenvalue weighted by Gasteiger charge is -2.07. The van der Waals surface area contributed by atoms with Crippen molar-refractivity contribution in [3.63, 3.8) is 0 Å². The van der Waals surface area contributed by atoms with Crippen LogP contribution in [0.25, 0.3) is 10.6 Å². The third-order valence-electron chi connectivity index (χ3n) is 3.75. The number of aryl methyl sites for hydroxylation is 1. The Hall–Kier alpha value is -2.47. The predicted molar refractivity (Wildman–Crippen MR) is 87.5 cm³/mol. The van der Waals surface area contributed by atoms with Gasteiger partial charge in [-0.1, -0.05) is 12.1 Å². The number of aromatic carboxylic acids is 1. The number of rotatable bonds is 4. The largest absolute Gasteiger partial charge is 0.478 e. The maximum Gasteiger partial charge on any atom is 0.337 e. The minimum Gasteiger partial charge on any atom is -0.478 e. The number of nitrogens with zero attached hydrogens (tertiary/aromatic N) is 2. The van der Waals surface area contributed by atoms with Gasteiger partial charge in [-0.2, -0.15) is 0 Å². The van der Waals surface area contributed by atoms with E-state index in [4.69, 9.17) is 0 Å². The lowest BCUT2D eigenvalue weighted by atomic mass is 10.2. The molecule has 0 aliphatic carbocycles. The van der Waals surface area contributed by atoms with E-state index < -0.39 is 5.97 Å². The minimum absolute atomic E-state index is 0.289. The molecule has 0 spiro atoms. The fourth-order valence-electron chi connectivity index (χ4n) is 2.56. The van der Waals surface area contributed by atoms with Gasteiger partial charge in [-0.3, -0.25) is 0 Å². The molecule has 23 heavy (non-hydrogen) atoms. The zero-order valence-electron chi connectivity index (χ0n) is 12.7. The van der Waals surface area contributed by atoms with Gasteiger partial charge in [0.2, 0.25) is 0 Å². The van der Waals surface area contributed by atoms with Gasteiger partial charge in [-0.15, -0.1) is 11.3 Å². The van der Waals surface area contributed by atoms with Crippen LogP contribution in [0, 0.1) is 19.7 Å². The normalized spacial score (nSPS) is 10.9. The van der Waals surface area contributed by atoms with Crippen molar-refractivity contribution < 1.29 is 14.3 Å². The Morgan fingerprint density at radius 2 is 2.13 bits per heavy atom. The maximum absolute atomic E-state index is 13.3. The van der Waals surface area contributed by atoms with Crippen molar-refractivity contribution in [2.75, 3.05) is 0 Å². The lowest BCUT2D eigenvalue weighted by molar-refractivity contribution is 0.0696. The Labute approximate surface area is 136 Å². The zero-order valence-corrected chi connectivity index (χ0v) is 13.5. The number of thiazole rings is 1. The molecule has 0 atom stereocenters. The quantitative estimate of drug-likeness (QED) is 0.783. The van der Waals surface area contributed by atoms with Crippen LogP contribution in [0.1, 0.15) is 27.4 Å². The summed E-state index contributed by atoms with van der Waals surface area (Å²) in [6.45, 7) is 4.16. The molecule has 3 aromatic rings. The summed E-state index contributed by atoms with van der Waals surface area (Å²) in [5.74, 6) is -1.22. The van der Waals surface area contributed by atoms with E-state index in [1.54, 1.807) is 19.1 Å². The van der Waals surface area contributed by atoms with Crippen molar-refractivity contribution in [3.05, 3.63) is 64.2 Å². The molecule has 0 bridgehead atoms. The molecular weight excluding hydrogens is 315 g/mol. The molecule has 0 fully saturated rings. The molecule has 3 rings (SSSR count). The van der Waals surface area contributed by atoms with Crippen LogP contribution in [0.15, 0.2) is 35.7 Å². The second kappa shape index (κ2) is 5.96. The number of carbonyl (C=O) groups is 1. The second-order valence-corrected chi connectivity index (χ2v) is 6.19. The summed E-state index contributed by atoms with van der Waals surface area (Å²) < 4.78 is 15.2. The molecule has 0 aliphatic heterocycles. The summed E-state index contributed by atoms with van der Waals surface area (Å²) in [5, 5.41) is 11.9. The van der Waals surface area contributed by atoms with Crippen LogP contribution < -0.4 is 0 Å². The first-order valence-corrected chi connectivity index (χ1v) is 7.94. The van der Waals surface area contributed by atoms with Crippen molar-refractivity contribution in [1.29, 1.82) is 0 Å². The van der Waals surface area contributed by atoms with Crippen molar-refractivity contribution in [3.8, 4) is 10.6 Å². The molecule has 0 saturated heterocycles. The van der Waals surface area contributed by atoms with E-state index in [0.717, 1.165) is 22.0 Å². The molecule has 0 aliphatic rings. The smallest absolute Gasteiger partial charge is 0.337 e. The average molecular weight is 330 g/mol. The second-order valence-electron chi connectivity index (χ2n) is 5.33. The Balaban J connectivity index is 1.89. The van der Waals surface area contributed by atoms with Gasteiger partial charge in [0.25, 0.3) is 0 Å². The lowest BCUT2D eigenvalue weighted by Crippen LogP contribution is -2.06. The van der Waals surface area contributed by atoms with Crippen LogP contribution in [-0.2, 0) is 6.54 Å². The van der Waals surface area contributed by atoms with Gasteiger partial charge in [0.15, 0.2) is 0 Å². The van der Waals surface area contributed by atoms with E-state index in [2.05, 4.69) is 4.98 Å². The van der Waals surface area contributed by atoms with Crippen molar-refractivity contribution in [2.45, 2.75) is 20.4 Å². The molecule has 0 amide bonds. The number of carboxylic acid groups (broad SMARTS) is 1. The summed E-state index contributed by atoms with van der Waals surface area (Å²) in [5.41, 5.74) is 3.46.